The number of hydrogen-bond donors (Lipinski definition) is 3. The van der Waals surface area contributed by atoms with Gasteiger partial charge >= 0.3 is 6.03 Å². The largest absolute Gasteiger partial charge is 0.489 e. The Morgan fingerprint density at radius 2 is 2.09 bits per heavy atom. The average molecular weight is 308 g/mol. The first kappa shape index (κ1) is 18.3. The van der Waals surface area contributed by atoms with Crippen LogP contribution in [0, 0.1) is 12.3 Å². The molecule has 0 heterocycles. The molecule has 0 saturated heterocycles. The van der Waals surface area contributed by atoms with Gasteiger partial charge in [0.05, 0.1) is 6.54 Å². The summed E-state index contributed by atoms with van der Waals surface area (Å²) in [6.07, 6.45) is 0.540. The molecule has 22 heavy (non-hydrogen) atoms. The lowest BCUT2D eigenvalue weighted by Crippen LogP contribution is -2.43. The lowest BCUT2D eigenvalue weighted by molar-refractivity contribution is 0.194. The summed E-state index contributed by atoms with van der Waals surface area (Å²) in [7, 11) is 0. The standard InChI is InChI=1S/C17H28N2O3/c1-13-6-5-7-15(10-13)22-14(2)11-18-16(21)19-12-17(3,4)8-9-20/h5-7,10,14,20H,8-9,11-12H2,1-4H3,(H2,18,19,21). The lowest BCUT2D eigenvalue weighted by Gasteiger charge is -2.24. The van der Waals surface area contributed by atoms with Crippen molar-refractivity contribution in [2.75, 3.05) is 19.7 Å². The predicted octanol–water partition coefficient (Wildman–Crippen LogP) is 2.47. The highest BCUT2D eigenvalue weighted by molar-refractivity contribution is 5.73. The van der Waals surface area contributed by atoms with Crippen LogP contribution < -0.4 is 15.4 Å². The van der Waals surface area contributed by atoms with Gasteiger partial charge in [0.2, 0.25) is 0 Å². The number of carbonyl (C=O) groups is 1. The quantitative estimate of drug-likeness (QED) is 0.691. The van der Waals surface area contributed by atoms with E-state index in [0.29, 0.717) is 19.5 Å². The zero-order valence-corrected chi connectivity index (χ0v) is 14.0. The number of carbonyl (C=O) groups excluding carboxylic acids is 1. The van der Waals surface area contributed by atoms with Crippen molar-refractivity contribution in [1.82, 2.24) is 10.6 Å². The molecule has 1 aromatic carbocycles. The van der Waals surface area contributed by atoms with Gasteiger partial charge in [-0.2, -0.15) is 0 Å². The third-order valence-electron chi connectivity index (χ3n) is 3.39. The molecule has 5 nitrogen and oxygen atoms in total. The molecule has 3 N–H and O–H groups in total. The van der Waals surface area contributed by atoms with Gasteiger partial charge in [-0.1, -0.05) is 26.0 Å². The fraction of sp³-hybridized carbons (Fsp3) is 0.588. The number of nitrogens with one attached hydrogen (secondary N) is 2. The van der Waals surface area contributed by atoms with Crippen LogP contribution in [0.25, 0.3) is 0 Å². The molecule has 1 aromatic rings. The van der Waals surface area contributed by atoms with Gasteiger partial charge in [0, 0.05) is 13.2 Å². The van der Waals surface area contributed by atoms with E-state index in [9.17, 15) is 4.79 Å². The highest BCUT2D eigenvalue weighted by atomic mass is 16.5. The summed E-state index contributed by atoms with van der Waals surface area (Å²) in [6, 6.07) is 7.61. The number of rotatable bonds is 8. The molecule has 0 radical (unpaired) electrons. The summed E-state index contributed by atoms with van der Waals surface area (Å²) in [6.45, 7) is 9.01. The Bertz CT molecular complexity index is 475. The number of hydrogen-bond acceptors (Lipinski definition) is 3. The minimum absolute atomic E-state index is 0.113. The van der Waals surface area contributed by atoms with Gasteiger partial charge in [0.25, 0.3) is 0 Å². The van der Waals surface area contributed by atoms with E-state index in [4.69, 9.17) is 9.84 Å². The Morgan fingerprint density at radius 3 is 2.73 bits per heavy atom. The fourth-order valence-electron chi connectivity index (χ4n) is 1.97. The molecule has 1 unspecified atom stereocenters. The van der Waals surface area contributed by atoms with Crippen LogP contribution in [0.5, 0.6) is 5.75 Å². The summed E-state index contributed by atoms with van der Waals surface area (Å²) >= 11 is 0. The SMILES string of the molecule is Cc1cccc(OC(C)CNC(=O)NCC(C)(C)CCO)c1. The van der Waals surface area contributed by atoms with Crippen molar-refractivity contribution in [3.8, 4) is 5.75 Å². The van der Waals surface area contributed by atoms with E-state index in [-0.39, 0.29) is 24.2 Å². The van der Waals surface area contributed by atoms with E-state index in [1.807, 2.05) is 52.0 Å². The van der Waals surface area contributed by atoms with Crippen LogP contribution in [-0.4, -0.2) is 36.9 Å². The van der Waals surface area contributed by atoms with Crippen LogP contribution in [0.2, 0.25) is 0 Å². The van der Waals surface area contributed by atoms with Crippen LogP contribution in [0.1, 0.15) is 32.8 Å². The second kappa shape index (κ2) is 8.63. The average Bonchev–Trinajstić information content (AvgIpc) is 2.43. The van der Waals surface area contributed by atoms with Crippen molar-refractivity contribution in [2.45, 2.75) is 40.2 Å². The molecule has 0 aliphatic carbocycles. The highest BCUT2D eigenvalue weighted by Crippen LogP contribution is 2.17. The predicted molar refractivity (Wildman–Crippen MR) is 88.2 cm³/mol. The number of benzene rings is 1. The monoisotopic (exact) mass is 308 g/mol. The first-order valence-corrected chi connectivity index (χ1v) is 7.68. The molecular weight excluding hydrogens is 280 g/mol. The maximum absolute atomic E-state index is 11.8. The second-order valence-corrected chi connectivity index (χ2v) is 6.45. The van der Waals surface area contributed by atoms with Gasteiger partial charge in [-0.05, 0) is 43.4 Å². The molecule has 0 aromatic heterocycles. The molecule has 0 bridgehead atoms. The van der Waals surface area contributed by atoms with Gasteiger partial charge in [0.1, 0.15) is 11.9 Å². The Hall–Kier alpha value is -1.75. The van der Waals surface area contributed by atoms with E-state index in [1.165, 1.54) is 0 Å². The molecule has 0 saturated carbocycles. The number of aliphatic hydroxyl groups is 1. The Morgan fingerprint density at radius 1 is 1.36 bits per heavy atom. The molecular formula is C17H28N2O3. The Balaban J connectivity index is 2.28. The highest BCUT2D eigenvalue weighted by Gasteiger charge is 2.18. The van der Waals surface area contributed by atoms with Crippen LogP contribution in [0.3, 0.4) is 0 Å². The molecule has 0 spiro atoms. The van der Waals surface area contributed by atoms with Crippen LogP contribution in [0.15, 0.2) is 24.3 Å². The van der Waals surface area contributed by atoms with Gasteiger partial charge in [-0.15, -0.1) is 0 Å². The van der Waals surface area contributed by atoms with Gasteiger partial charge in [-0.25, -0.2) is 4.79 Å². The maximum atomic E-state index is 11.8. The van der Waals surface area contributed by atoms with Gasteiger partial charge in [-0.3, -0.25) is 0 Å². The molecule has 0 aliphatic heterocycles. The van der Waals surface area contributed by atoms with Crippen molar-refractivity contribution in [1.29, 1.82) is 0 Å². The second-order valence-electron chi connectivity index (χ2n) is 6.45. The summed E-state index contributed by atoms with van der Waals surface area (Å²) < 4.78 is 5.75. The van der Waals surface area contributed by atoms with E-state index in [1.54, 1.807) is 0 Å². The Kier molecular flexibility index (Phi) is 7.18. The number of amides is 2. The normalized spacial score (nSPS) is 12.6. The molecule has 5 heteroatoms. The first-order valence-electron chi connectivity index (χ1n) is 7.68. The molecule has 1 atom stereocenters. The summed E-state index contributed by atoms with van der Waals surface area (Å²) in [5.41, 5.74) is 1.02. The topological polar surface area (TPSA) is 70.6 Å². The zero-order valence-electron chi connectivity index (χ0n) is 14.0. The first-order chi connectivity index (χ1) is 10.3. The molecule has 124 valence electrons. The van der Waals surface area contributed by atoms with Crippen molar-refractivity contribution >= 4 is 6.03 Å². The van der Waals surface area contributed by atoms with Crippen molar-refractivity contribution in [3.63, 3.8) is 0 Å². The number of ether oxygens (including phenoxy) is 1. The lowest BCUT2D eigenvalue weighted by atomic mass is 9.90. The van der Waals surface area contributed by atoms with E-state index >= 15 is 0 Å². The Labute approximate surface area is 133 Å². The molecule has 2 amide bonds. The van der Waals surface area contributed by atoms with E-state index in [2.05, 4.69) is 10.6 Å². The third-order valence-corrected chi connectivity index (χ3v) is 3.39. The number of aryl methyl sites for hydroxylation is 1. The zero-order chi connectivity index (χ0) is 16.6. The summed E-state index contributed by atoms with van der Waals surface area (Å²) in [5.74, 6) is 0.804. The molecule has 0 aliphatic rings. The fourth-order valence-corrected chi connectivity index (χ4v) is 1.97. The number of urea groups is 1. The number of aliphatic hydroxyl groups excluding tert-OH is 1. The van der Waals surface area contributed by atoms with E-state index < -0.39 is 0 Å². The van der Waals surface area contributed by atoms with Gasteiger partial charge in [0.15, 0.2) is 0 Å². The van der Waals surface area contributed by atoms with Crippen LogP contribution in [0.4, 0.5) is 4.79 Å². The van der Waals surface area contributed by atoms with E-state index in [0.717, 1.165) is 11.3 Å². The third kappa shape index (κ3) is 7.31. The minimum atomic E-state index is -0.217. The van der Waals surface area contributed by atoms with Crippen molar-refractivity contribution < 1.29 is 14.6 Å². The van der Waals surface area contributed by atoms with Crippen molar-refractivity contribution in [2.24, 2.45) is 5.41 Å². The summed E-state index contributed by atoms with van der Waals surface area (Å²) in [5, 5.41) is 14.6. The van der Waals surface area contributed by atoms with Gasteiger partial charge < -0.3 is 20.5 Å². The maximum Gasteiger partial charge on any atom is 0.314 e. The molecule has 0 fully saturated rings. The van der Waals surface area contributed by atoms with Crippen molar-refractivity contribution in [3.05, 3.63) is 29.8 Å². The minimum Gasteiger partial charge on any atom is -0.489 e. The summed E-state index contributed by atoms with van der Waals surface area (Å²) in [4.78, 5) is 11.8. The van der Waals surface area contributed by atoms with Crippen LogP contribution in [-0.2, 0) is 0 Å². The molecule has 1 rings (SSSR count). The van der Waals surface area contributed by atoms with Crippen LogP contribution >= 0.6 is 0 Å². The smallest absolute Gasteiger partial charge is 0.314 e.